The van der Waals surface area contributed by atoms with Crippen molar-refractivity contribution in [3.63, 3.8) is 0 Å². The topological polar surface area (TPSA) is 12.4 Å². The van der Waals surface area contributed by atoms with Crippen molar-refractivity contribution in [2.24, 2.45) is 10.9 Å². The van der Waals surface area contributed by atoms with Crippen LogP contribution in [0.15, 0.2) is 52.1 Å². The molecule has 1 rings (SSSR count). The van der Waals surface area contributed by atoms with Crippen LogP contribution in [0.5, 0.6) is 0 Å². The molecule has 110 valence electrons. The zero-order valence-electron chi connectivity index (χ0n) is 13.8. The first-order chi connectivity index (χ1) is 9.45. The molecule has 0 amide bonds. The Bertz CT molecular complexity index is 470. The van der Waals surface area contributed by atoms with E-state index < -0.39 is 0 Å². The smallest absolute Gasteiger partial charge is 0.0427 e. The average molecular weight is 271 g/mol. The zero-order chi connectivity index (χ0) is 15.1. The van der Waals surface area contributed by atoms with Gasteiger partial charge in [0.2, 0.25) is 0 Å². The van der Waals surface area contributed by atoms with Crippen LogP contribution >= 0.6 is 0 Å². The van der Waals surface area contributed by atoms with Crippen molar-refractivity contribution in [3.8, 4) is 0 Å². The van der Waals surface area contributed by atoms with E-state index in [9.17, 15) is 0 Å². The van der Waals surface area contributed by atoms with E-state index in [-0.39, 0.29) is 0 Å². The lowest BCUT2D eigenvalue weighted by Crippen LogP contribution is -2.06. The van der Waals surface area contributed by atoms with E-state index >= 15 is 0 Å². The summed E-state index contributed by atoms with van der Waals surface area (Å²) in [7, 11) is 0. The summed E-state index contributed by atoms with van der Waals surface area (Å²) in [6.07, 6.45) is 10.1. The van der Waals surface area contributed by atoms with Gasteiger partial charge in [0.05, 0.1) is 0 Å². The molecule has 1 nitrogen and oxygen atoms in total. The summed E-state index contributed by atoms with van der Waals surface area (Å²) in [6.45, 7) is 16.0. The molecule has 0 radical (unpaired) electrons. The van der Waals surface area contributed by atoms with Gasteiger partial charge in [-0.15, -0.1) is 0 Å². The molecular weight excluding hydrogens is 242 g/mol. The summed E-state index contributed by atoms with van der Waals surface area (Å²) in [5.41, 5.74) is 6.26. The molecule has 0 bridgehead atoms. The van der Waals surface area contributed by atoms with Crippen molar-refractivity contribution in [3.05, 3.63) is 47.1 Å². The van der Waals surface area contributed by atoms with Crippen molar-refractivity contribution in [1.29, 1.82) is 0 Å². The Morgan fingerprint density at radius 3 is 2.70 bits per heavy atom. The summed E-state index contributed by atoms with van der Waals surface area (Å²) in [5.74, 6) is 0.733. The standard InChI is InChI=1S/C19H29N/c1-7-18(19-9-8-12-20-17(19)6)13-16(5)15(4)11-10-14(2)3/h7,9,13-14H,4,8,10-12H2,1-3,5-6H3/b16-13+,18-7-. The van der Waals surface area contributed by atoms with Gasteiger partial charge in [-0.3, -0.25) is 4.99 Å². The number of rotatable bonds is 6. The third-order valence-corrected chi connectivity index (χ3v) is 3.79. The van der Waals surface area contributed by atoms with Crippen LogP contribution in [-0.4, -0.2) is 12.3 Å². The Morgan fingerprint density at radius 2 is 2.15 bits per heavy atom. The van der Waals surface area contributed by atoms with Crippen molar-refractivity contribution in [2.45, 2.75) is 53.9 Å². The second kappa shape index (κ2) is 8.04. The van der Waals surface area contributed by atoms with Crippen molar-refractivity contribution >= 4 is 5.71 Å². The Morgan fingerprint density at radius 1 is 1.45 bits per heavy atom. The molecule has 0 saturated carbocycles. The molecule has 0 N–H and O–H groups in total. The number of hydrogen-bond donors (Lipinski definition) is 0. The third kappa shape index (κ3) is 4.96. The lowest BCUT2D eigenvalue weighted by molar-refractivity contribution is 0.587. The SMILES string of the molecule is C=C(CCC(C)C)/C(C)=C/C(=C/C)C1=CCCN=C1C. The Balaban J connectivity index is 2.82. The predicted octanol–water partition coefficient (Wildman–Crippen LogP) is 5.66. The highest BCUT2D eigenvalue weighted by Crippen LogP contribution is 2.23. The predicted molar refractivity (Wildman–Crippen MR) is 91.4 cm³/mol. The van der Waals surface area contributed by atoms with Gasteiger partial charge in [-0.2, -0.15) is 0 Å². The molecule has 0 aromatic carbocycles. The number of nitrogens with zero attached hydrogens (tertiary/aromatic N) is 1. The lowest BCUT2D eigenvalue weighted by atomic mass is 9.93. The molecule has 1 aliphatic heterocycles. The van der Waals surface area contributed by atoms with Gasteiger partial charge in [-0.05, 0) is 62.7 Å². The highest BCUT2D eigenvalue weighted by atomic mass is 14.7. The quantitative estimate of drug-likeness (QED) is 0.552. The van der Waals surface area contributed by atoms with Crippen LogP contribution in [0, 0.1) is 5.92 Å². The molecule has 0 saturated heterocycles. The van der Waals surface area contributed by atoms with E-state index in [0.29, 0.717) is 0 Å². The van der Waals surface area contributed by atoms with E-state index in [1.54, 1.807) is 0 Å². The molecule has 0 spiro atoms. The fraction of sp³-hybridized carbons (Fsp3) is 0.526. The molecule has 0 unspecified atom stereocenters. The third-order valence-electron chi connectivity index (χ3n) is 3.79. The second-order valence-electron chi connectivity index (χ2n) is 5.98. The lowest BCUT2D eigenvalue weighted by Gasteiger charge is -2.15. The van der Waals surface area contributed by atoms with E-state index in [1.165, 1.54) is 28.7 Å². The van der Waals surface area contributed by atoms with Gasteiger partial charge in [0.1, 0.15) is 0 Å². The Labute approximate surface area is 124 Å². The molecule has 0 atom stereocenters. The minimum absolute atomic E-state index is 0.733. The van der Waals surface area contributed by atoms with Crippen molar-refractivity contribution in [2.75, 3.05) is 6.54 Å². The summed E-state index contributed by atoms with van der Waals surface area (Å²) in [4.78, 5) is 4.55. The Kier molecular flexibility index (Phi) is 6.70. The van der Waals surface area contributed by atoms with Gasteiger partial charge < -0.3 is 0 Å². The molecule has 0 aromatic heterocycles. The molecule has 1 aliphatic rings. The first-order valence-corrected chi connectivity index (χ1v) is 7.70. The summed E-state index contributed by atoms with van der Waals surface area (Å²) >= 11 is 0. The zero-order valence-corrected chi connectivity index (χ0v) is 13.8. The van der Waals surface area contributed by atoms with Crippen LogP contribution < -0.4 is 0 Å². The Hall–Kier alpha value is -1.37. The van der Waals surface area contributed by atoms with Crippen LogP contribution in [0.25, 0.3) is 0 Å². The first kappa shape index (κ1) is 16.7. The highest BCUT2D eigenvalue weighted by molar-refractivity contribution is 6.03. The molecule has 0 aliphatic carbocycles. The average Bonchev–Trinajstić information content (AvgIpc) is 2.42. The molecule has 20 heavy (non-hydrogen) atoms. The number of hydrogen-bond acceptors (Lipinski definition) is 1. The van der Waals surface area contributed by atoms with E-state index in [2.05, 4.69) is 64.4 Å². The normalized spacial score (nSPS) is 17.1. The number of aliphatic imine (C=N–C) groups is 1. The fourth-order valence-corrected chi connectivity index (χ4v) is 2.31. The largest absolute Gasteiger partial charge is 0.289 e. The van der Waals surface area contributed by atoms with Crippen LogP contribution in [-0.2, 0) is 0 Å². The molecule has 0 aromatic rings. The fourth-order valence-electron chi connectivity index (χ4n) is 2.31. The molecule has 0 fully saturated rings. The van der Waals surface area contributed by atoms with E-state index in [0.717, 1.165) is 31.0 Å². The van der Waals surface area contributed by atoms with Gasteiger partial charge in [0.15, 0.2) is 0 Å². The van der Waals surface area contributed by atoms with Crippen molar-refractivity contribution < 1.29 is 0 Å². The van der Waals surface area contributed by atoms with Crippen LogP contribution in [0.1, 0.15) is 53.9 Å². The molecule has 1 heteroatoms. The number of dihydropyridines is 1. The molecule has 1 heterocycles. The second-order valence-corrected chi connectivity index (χ2v) is 5.98. The van der Waals surface area contributed by atoms with Gasteiger partial charge >= 0.3 is 0 Å². The van der Waals surface area contributed by atoms with E-state index in [4.69, 9.17) is 0 Å². The van der Waals surface area contributed by atoms with Crippen LogP contribution in [0.4, 0.5) is 0 Å². The first-order valence-electron chi connectivity index (χ1n) is 7.70. The van der Waals surface area contributed by atoms with Gasteiger partial charge in [0, 0.05) is 12.3 Å². The molecular formula is C19H29N. The summed E-state index contributed by atoms with van der Waals surface area (Å²) in [6, 6.07) is 0. The minimum Gasteiger partial charge on any atom is -0.289 e. The van der Waals surface area contributed by atoms with Gasteiger partial charge in [0.25, 0.3) is 0 Å². The van der Waals surface area contributed by atoms with Crippen LogP contribution in [0.3, 0.4) is 0 Å². The minimum atomic E-state index is 0.733. The van der Waals surface area contributed by atoms with Crippen molar-refractivity contribution in [1.82, 2.24) is 0 Å². The van der Waals surface area contributed by atoms with Gasteiger partial charge in [-0.25, -0.2) is 0 Å². The highest BCUT2D eigenvalue weighted by Gasteiger charge is 2.10. The maximum atomic E-state index is 4.55. The maximum Gasteiger partial charge on any atom is 0.0427 e. The van der Waals surface area contributed by atoms with Crippen LogP contribution in [0.2, 0.25) is 0 Å². The monoisotopic (exact) mass is 271 g/mol. The van der Waals surface area contributed by atoms with E-state index in [1.807, 2.05) is 0 Å². The number of allylic oxidation sites excluding steroid dienone is 6. The maximum absolute atomic E-state index is 4.55. The summed E-state index contributed by atoms with van der Waals surface area (Å²) < 4.78 is 0. The summed E-state index contributed by atoms with van der Waals surface area (Å²) in [5, 5.41) is 0. The van der Waals surface area contributed by atoms with Gasteiger partial charge in [-0.1, -0.05) is 44.2 Å².